The van der Waals surface area contributed by atoms with Gasteiger partial charge in [-0.3, -0.25) is 0 Å². The molecule has 0 atom stereocenters. The Kier molecular flexibility index (Phi) is 5.93. The van der Waals surface area contributed by atoms with E-state index in [0.29, 0.717) is 13.2 Å². The van der Waals surface area contributed by atoms with Crippen molar-refractivity contribution in [3.8, 4) is 11.5 Å². The molecule has 0 aliphatic carbocycles. The number of hydrogen-bond acceptors (Lipinski definition) is 2. The number of para-hydroxylation sites is 1. The van der Waals surface area contributed by atoms with Crippen molar-refractivity contribution in [1.82, 2.24) is 4.98 Å². The third kappa shape index (κ3) is 4.74. The molecule has 0 saturated carbocycles. The molecular formula is C25H25NO2. The minimum atomic E-state index is 0.654. The molecule has 1 heterocycles. The molecule has 3 heteroatoms. The average molecular weight is 371 g/mol. The molecule has 0 aliphatic heterocycles. The van der Waals surface area contributed by atoms with Gasteiger partial charge in [0.25, 0.3) is 0 Å². The van der Waals surface area contributed by atoms with Crippen molar-refractivity contribution in [3.63, 3.8) is 0 Å². The van der Waals surface area contributed by atoms with Gasteiger partial charge in [0, 0.05) is 23.5 Å². The highest BCUT2D eigenvalue weighted by Gasteiger charge is 2.03. The van der Waals surface area contributed by atoms with Crippen LogP contribution in [-0.4, -0.2) is 18.2 Å². The van der Waals surface area contributed by atoms with Gasteiger partial charge >= 0.3 is 0 Å². The number of H-pyrrole nitrogens is 1. The first-order chi connectivity index (χ1) is 13.9. The maximum absolute atomic E-state index is 5.82. The molecule has 0 radical (unpaired) electrons. The van der Waals surface area contributed by atoms with Crippen LogP contribution in [0.1, 0.15) is 17.5 Å². The molecule has 0 aliphatic rings. The number of aryl methyl sites for hydroxylation is 2. The largest absolute Gasteiger partial charge is 0.493 e. The number of nitrogens with one attached hydrogen (secondary N) is 1. The topological polar surface area (TPSA) is 34.2 Å². The van der Waals surface area contributed by atoms with Crippen LogP contribution in [0.15, 0.2) is 85.1 Å². The summed E-state index contributed by atoms with van der Waals surface area (Å²) in [4.78, 5) is 3.28. The summed E-state index contributed by atoms with van der Waals surface area (Å²) in [5.74, 6) is 1.82. The van der Waals surface area contributed by atoms with Gasteiger partial charge in [0.2, 0.25) is 0 Å². The van der Waals surface area contributed by atoms with Gasteiger partial charge in [0.15, 0.2) is 0 Å². The van der Waals surface area contributed by atoms with E-state index in [1.807, 2.05) is 36.5 Å². The fourth-order valence-electron chi connectivity index (χ4n) is 3.36. The number of aromatic nitrogens is 1. The van der Waals surface area contributed by atoms with Gasteiger partial charge < -0.3 is 14.5 Å². The Morgan fingerprint density at radius 3 is 2.18 bits per heavy atom. The zero-order chi connectivity index (χ0) is 19.0. The second kappa shape index (κ2) is 9.14. The first kappa shape index (κ1) is 18.2. The van der Waals surface area contributed by atoms with E-state index < -0.39 is 0 Å². The fraction of sp³-hybridized carbons (Fsp3) is 0.200. The van der Waals surface area contributed by atoms with Gasteiger partial charge in [-0.1, -0.05) is 42.5 Å². The second-order valence-electron chi connectivity index (χ2n) is 6.86. The first-order valence-electron chi connectivity index (χ1n) is 9.83. The SMILES string of the molecule is c1ccc(OCCCOc2ccc(CCc3cccc4[nH]ccc34)cc2)cc1. The Labute approximate surface area is 165 Å². The molecule has 0 amide bonds. The summed E-state index contributed by atoms with van der Waals surface area (Å²) in [7, 11) is 0. The molecule has 0 fully saturated rings. The van der Waals surface area contributed by atoms with Crippen LogP contribution in [0.4, 0.5) is 0 Å². The van der Waals surface area contributed by atoms with Gasteiger partial charge in [-0.05, 0) is 60.4 Å². The molecule has 0 spiro atoms. The predicted octanol–water partition coefficient (Wildman–Crippen LogP) is 5.80. The van der Waals surface area contributed by atoms with Crippen LogP contribution in [0.25, 0.3) is 10.9 Å². The summed E-state index contributed by atoms with van der Waals surface area (Å²) in [6, 6.07) is 26.9. The lowest BCUT2D eigenvalue weighted by atomic mass is 10.0. The number of hydrogen-bond donors (Lipinski definition) is 1. The molecule has 3 aromatic carbocycles. The third-order valence-electron chi connectivity index (χ3n) is 4.86. The van der Waals surface area contributed by atoms with Crippen LogP contribution in [-0.2, 0) is 12.8 Å². The second-order valence-corrected chi connectivity index (χ2v) is 6.86. The number of aromatic amines is 1. The van der Waals surface area contributed by atoms with Gasteiger partial charge in [-0.25, -0.2) is 0 Å². The Morgan fingerprint density at radius 2 is 1.39 bits per heavy atom. The molecule has 0 unspecified atom stereocenters. The van der Waals surface area contributed by atoms with E-state index in [1.165, 1.54) is 22.0 Å². The van der Waals surface area contributed by atoms with E-state index in [2.05, 4.69) is 53.5 Å². The maximum Gasteiger partial charge on any atom is 0.119 e. The highest BCUT2D eigenvalue weighted by molar-refractivity contribution is 5.82. The van der Waals surface area contributed by atoms with Crippen molar-refractivity contribution in [1.29, 1.82) is 0 Å². The van der Waals surface area contributed by atoms with Crippen molar-refractivity contribution < 1.29 is 9.47 Å². The smallest absolute Gasteiger partial charge is 0.119 e. The molecule has 3 nitrogen and oxygen atoms in total. The van der Waals surface area contributed by atoms with Crippen molar-refractivity contribution >= 4 is 10.9 Å². The number of ether oxygens (including phenoxy) is 2. The Morgan fingerprint density at radius 1 is 0.643 bits per heavy atom. The van der Waals surface area contributed by atoms with Crippen LogP contribution in [0.2, 0.25) is 0 Å². The summed E-state index contributed by atoms with van der Waals surface area (Å²) in [6.45, 7) is 1.31. The van der Waals surface area contributed by atoms with E-state index in [0.717, 1.165) is 30.8 Å². The minimum Gasteiger partial charge on any atom is -0.493 e. The van der Waals surface area contributed by atoms with Crippen LogP contribution >= 0.6 is 0 Å². The van der Waals surface area contributed by atoms with Gasteiger partial charge in [0.1, 0.15) is 11.5 Å². The standard InChI is InChI=1S/C25H25NO2/c1-2-7-22(8-3-1)27-18-5-19-28-23-14-11-20(12-15-23)10-13-21-6-4-9-25-24(21)16-17-26-25/h1-4,6-9,11-12,14-17,26H,5,10,13,18-19H2. The Bertz CT molecular complexity index is 990. The van der Waals surface area contributed by atoms with Crippen LogP contribution in [0, 0.1) is 0 Å². The zero-order valence-corrected chi connectivity index (χ0v) is 15.9. The maximum atomic E-state index is 5.82. The zero-order valence-electron chi connectivity index (χ0n) is 15.9. The molecule has 28 heavy (non-hydrogen) atoms. The van der Waals surface area contributed by atoms with Crippen molar-refractivity contribution in [2.45, 2.75) is 19.3 Å². The average Bonchev–Trinajstić information content (AvgIpc) is 3.23. The van der Waals surface area contributed by atoms with Crippen molar-refractivity contribution in [3.05, 3.63) is 96.2 Å². The van der Waals surface area contributed by atoms with E-state index in [1.54, 1.807) is 0 Å². The number of fused-ring (bicyclic) bond motifs is 1. The number of rotatable bonds is 9. The number of benzene rings is 3. The summed E-state index contributed by atoms with van der Waals surface area (Å²) >= 11 is 0. The quantitative estimate of drug-likeness (QED) is 0.377. The lowest BCUT2D eigenvalue weighted by molar-refractivity contribution is 0.247. The summed E-state index contributed by atoms with van der Waals surface area (Å²) in [5, 5.41) is 1.32. The van der Waals surface area contributed by atoms with E-state index in [4.69, 9.17) is 9.47 Å². The normalized spacial score (nSPS) is 10.9. The summed E-state index contributed by atoms with van der Waals surface area (Å²) < 4.78 is 11.5. The molecule has 1 aromatic heterocycles. The third-order valence-corrected chi connectivity index (χ3v) is 4.86. The van der Waals surface area contributed by atoms with Crippen LogP contribution < -0.4 is 9.47 Å². The van der Waals surface area contributed by atoms with Gasteiger partial charge in [-0.15, -0.1) is 0 Å². The monoisotopic (exact) mass is 371 g/mol. The predicted molar refractivity (Wildman–Crippen MR) is 114 cm³/mol. The van der Waals surface area contributed by atoms with E-state index in [-0.39, 0.29) is 0 Å². The summed E-state index contributed by atoms with van der Waals surface area (Å²) in [6.07, 6.45) is 4.92. The lowest BCUT2D eigenvalue weighted by Gasteiger charge is -2.09. The molecule has 1 N–H and O–H groups in total. The Hall–Kier alpha value is -3.20. The van der Waals surface area contributed by atoms with Crippen LogP contribution in [0.5, 0.6) is 11.5 Å². The lowest BCUT2D eigenvalue weighted by Crippen LogP contribution is -2.05. The summed E-state index contributed by atoms with van der Waals surface area (Å²) in [5.41, 5.74) is 3.92. The highest BCUT2D eigenvalue weighted by atomic mass is 16.5. The molecule has 4 aromatic rings. The first-order valence-corrected chi connectivity index (χ1v) is 9.83. The van der Waals surface area contributed by atoms with E-state index >= 15 is 0 Å². The van der Waals surface area contributed by atoms with Crippen molar-refractivity contribution in [2.24, 2.45) is 0 Å². The molecular weight excluding hydrogens is 346 g/mol. The van der Waals surface area contributed by atoms with Crippen LogP contribution in [0.3, 0.4) is 0 Å². The van der Waals surface area contributed by atoms with Gasteiger partial charge in [-0.2, -0.15) is 0 Å². The Balaban J connectivity index is 1.21. The van der Waals surface area contributed by atoms with E-state index in [9.17, 15) is 0 Å². The molecule has 4 rings (SSSR count). The fourth-order valence-corrected chi connectivity index (χ4v) is 3.36. The molecule has 0 saturated heterocycles. The van der Waals surface area contributed by atoms with Crippen molar-refractivity contribution in [2.75, 3.05) is 13.2 Å². The van der Waals surface area contributed by atoms with Gasteiger partial charge in [0.05, 0.1) is 13.2 Å². The minimum absolute atomic E-state index is 0.654. The molecule has 0 bridgehead atoms. The highest BCUT2D eigenvalue weighted by Crippen LogP contribution is 2.20. The molecule has 142 valence electrons.